The number of hydrogen-bond acceptors (Lipinski definition) is 4. The van der Waals surface area contributed by atoms with Crippen LogP contribution in [0.4, 0.5) is 0 Å². The number of aliphatic hydroxyl groups is 1. The van der Waals surface area contributed by atoms with Gasteiger partial charge < -0.3 is 5.11 Å². The van der Waals surface area contributed by atoms with Crippen molar-refractivity contribution in [3.8, 4) is 0 Å². The summed E-state index contributed by atoms with van der Waals surface area (Å²) in [6.45, 7) is 12.1. The third-order valence-electron chi connectivity index (χ3n) is 9.22. The Kier molecular flexibility index (Phi) is 10.2. The van der Waals surface area contributed by atoms with Crippen molar-refractivity contribution in [3.63, 3.8) is 0 Å². The van der Waals surface area contributed by atoms with E-state index in [1.807, 2.05) is 65.1 Å². The third kappa shape index (κ3) is 5.77. The van der Waals surface area contributed by atoms with Gasteiger partial charge in [0.2, 0.25) is 0 Å². The summed E-state index contributed by atoms with van der Waals surface area (Å²) in [6.07, 6.45) is 6.76. The molecule has 0 saturated carbocycles. The van der Waals surface area contributed by atoms with Gasteiger partial charge in [0.25, 0.3) is 0 Å². The number of aliphatic hydroxyl groups excluding tert-OH is 1. The SMILES string of the molecule is CCC(C)(CC)C(=O)/C=C(\O)C(C)(CC)CC.[Ir].[c-]1ccc2sc3cccc4[se]c5c6ccccc6cnc5c1c2c34. The first-order chi connectivity index (χ1) is 19.7. The zero-order valence-electron chi connectivity index (χ0n) is 25.1. The molecule has 0 aliphatic heterocycles. The van der Waals surface area contributed by atoms with Crippen LogP contribution in [0.15, 0.2) is 72.6 Å². The molecule has 3 aromatic carbocycles. The molecule has 3 aromatic heterocycles. The fraction of sp³-hybridized carbons (Fsp3) is 0.333. The third-order valence-corrected chi connectivity index (χ3v) is 12.8. The monoisotopic (exact) mass is 821 g/mol. The van der Waals surface area contributed by atoms with Crippen LogP contribution in [-0.2, 0) is 24.9 Å². The van der Waals surface area contributed by atoms with E-state index in [0.717, 1.165) is 31.2 Å². The first kappa shape index (κ1) is 32.6. The van der Waals surface area contributed by atoms with Crippen molar-refractivity contribution in [2.24, 2.45) is 10.8 Å². The molecule has 1 radical (unpaired) electrons. The van der Waals surface area contributed by atoms with Crippen molar-refractivity contribution >= 4 is 82.0 Å². The molecule has 0 unspecified atom stereocenters. The van der Waals surface area contributed by atoms with Crippen LogP contribution < -0.4 is 0 Å². The van der Waals surface area contributed by atoms with E-state index in [4.69, 9.17) is 4.98 Å². The molecule has 0 fully saturated rings. The Morgan fingerprint density at radius 3 is 2.29 bits per heavy atom. The summed E-state index contributed by atoms with van der Waals surface area (Å²) in [6, 6.07) is 23.1. The summed E-state index contributed by atoms with van der Waals surface area (Å²) < 4.78 is 5.56. The fourth-order valence-electron chi connectivity index (χ4n) is 5.26. The number of fused-ring (bicyclic) bond motifs is 4. The molecule has 3 heterocycles. The number of hydrogen-bond donors (Lipinski definition) is 1. The quantitative estimate of drug-likeness (QED) is 0.0756. The van der Waals surface area contributed by atoms with Gasteiger partial charge in [0.15, 0.2) is 5.78 Å². The van der Waals surface area contributed by atoms with Gasteiger partial charge >= 0.3 is 148 Å². The molecule has 42 heavy (non-hydrogen) atoms. The maximum atomic E-state index is 12.2. The van der Waals surface area contributed by atoms with Gasteiger partial charge in [0, 0.05) is 37.0 Å². The molecule has 0 spiro atoms. The molecule has 221 valence electrons. The van der Waals surface area contributed by atoms with Gasteiger partial charge in [0.05, 0.1) is 0 Å². The number of aromatic nitrogens is 1. The van der Waals surface area contributed by atoms with Crippen LogP contribution in [0.1, 0.15) is 67.2 Å². The van der Waals surface area contributed by atoms with E-state index in [1.54, 1.807) is 0 Å². The molecule has 0 amide bonds. The van der Waals surface area contributed by atoms with Crippen molar-refractivity contribution in [1.82, 2.24) is 4.98 Å². The van der Waals surface area contributed by atoms with Crippen LogP contribution in [-0.4, -0.2) is 30.4 Å². The van der Waals surface area contributed by atoms with E-state index in [-0.39, 0.29) is 57.0 Å². The van der Waals surface area contributed by atoms with Gasteiger partial charge in [-0.05, 0) is 25.7 Å². The van der Waals surface area contributed by atoms with Crippen molar-refractivity contribution in [2.75, 3.05) is 0 Å². The minimum atomic E-state index is -0.337. The Hall–Kier alpha value is -2.33. The van der Waals surface area contributed by atoms with Gasteiger partial charge in [-0.25, -0.2) is 0 Å². The second-order valence-electron chi connectivity index (χ2n) is 11.4. The number of carbonyl (C=O) groups is 1. The Bertz CT molecular complexity index is 1910. The number of rotatable bonds is 7. The molecular formula is C36H38IrNO2SSe-. The molecular weight excluding hydrogens is 782 g/mol. The summed E-state index contributed by atoms with van der Waals surface area (Å²) in [4.78, 5) is 17.1. The number of carbonyl (C=O) groups excluding carboxylic acids is 1. The molecule has 0 bridgehead atoms. The number of allylic oxidation sites excluding steroid dienone is 2. The Morgan fingerprint density at radius 2 is 1.60 bits per heavy atom. The predicted octanol–water partition coefficient (Wildman–Crippen LogP) is 10.4. The van der Waals surface area contributed by atoms with Crippen LogP contribution in [0.2, 0.25) is 0 Å². The first-order valence-electron chi connectivity index (χ1n) is 14.6. The van der Waals surface area contributed by atoms with Crippen LogP contribution in [0.5, 0.6) is 0 Å². The number of nitrogens with zero attached hydrogens (tertiary/aromatic N) is 1. The molecule has 0 saturated heterocycles. The van der Waals surface area contributed by atoms with Crippen molar-refractivity contribution in [1.29, 1.82) is 0 Å². The fourth-order valence-corrected chi connectivity index (χ4v) is 9.12. The molecule has 6 rings (SSSR count). The van der Waals surface area contributed by atoms with E-state index < -0.39 is 0 Å². The molecule has 6 aromatic rings. The van der Waals surface area contributed by atoms with Gasteiger partial charge in [-0.15, -0.1) is 0 Å². The second-order valence-corrected chi connectivity index (χ2v) is 14.7. The zero-order chi connectivity index (χ0) is 29.4. The van der Waals surface area contributed by atoms with Gasteiger partial charge in [-0.2, -0.15) is 0 Å². The summed E-state index contributed by atoms with van der Waals surface area (Å²) in [7, 11) is 0. The molecule has 1 N–H and O–H groups in total. The Morgan fingerprint density at radius 1 is 0.929 bits per heavy atom. The first-order valence-corrected chi connectivity index (χ1v) is 17.1. The van der Waals surface area contributed by atoms with Crippen molar-refractivity contribution < 1.29 is 30.0 Å². The normalized spacial score (nSPS) is 12.6. The number of benzene rings is 3. The van der Waals surface area contributed by atoms with E-state index in [2.05, 4.69) is 54.6 Å². The minimum absolute atomic E-state index is 0. The second kappa shape index (κ2) is 13.1. The molecule has 0 aliphatic rings. The molecule has 3 nitrogen and oxygen atoms in total. The standard InChI is InChI=1S/C21H10NSSe.C15H28O2.Ir/c1-2-6-13-12(5-1)11-22-20-14-7-3-8-15-18(14)19-16(23-15)9-4-10-17(19)24-21(13)20;1-7-14(5,8-2)12(16)11-13(17)15(6,9-3)10-4;/h1-6,8-11H;11,16H,7-10H2,1-6H3;/q-1;;/b;12-11-;. The Balaban J connectivity index is 0.000000203. The summed E-state index contributed by atoms with van der Waals surface area (Å²) in [5.41, 5.74) is 0.518. The maximum absolute atomic E-state index is 12.2. The number of pyridine rings is 1. The molecule has 0 atom stereocenters. The van der Waals surface area contributed by atoms with E-state index in [9.17, 15) is 9.90 Å². The van der Waals surface area contributed by atoms with Crippen LogP contribution in [0.25, 0.3) is 50.4 Å². The molecule has 6 heteroatoms. The summed E-state index contributed by atoms with van der Waals surface area (Å²) in [5.74, 6) is 0.286. The number of ketones is 1. The molecule has 0 aliphatic carbocycles. The Labute approximate surface area is 272 Å². The zero-order valence-corrected chi connectivity index (χ0v) is 30.1. The van der Waals surface area contributed by atoms with Crippen molar-refractivity contribution in [2.45, 2.75) is 67.2 Å². The van der Waals surface area contributed by atoms with Crippen LogP contribution in [0, 0.1) is 16.9 Å². The van der Waals surface area contributed by atoms with E-state index in [0.29, 0.717) is 0 Å². The summed E-state index contributed by atoms with van der Waals surface area (Å²) >= 11 is 2.12. The average molecular weight is 820 g/mol. The predicted molar refractivity (Wildman–Crippen MR) is 179 cm³/mol. The topological polar surface area (TPSA) is 50.2 Å². The van der Waals surface area contributed by atoms with Gasteiger partial charge in [0.1, 0.15) is 5.76 Å². The average Bonchev–Trinajstić information content (AvgIpc) is 3.32. The number of thiophene rings is 1. The van der Waals surface area contributed by atoms with Gasteiger partial charge in [-0.1, -0.05) is 41.5 Å². The summed E-state index contributed by atoms with van der Waals surface area (Å²) in [5, 5.41) is 16.6. The van der Waals surface area contributed by atoms with Gasteiger partial charge in [-0.3, -0.25) is 4.79 Å². The van der Waals surface area contributed by atoms with Crippen LogP contribution >= 0.6 is 11.3 Å². The van der Waals surface area contributed by atoms with E-state index in [1.165, 1.54) is 50.9 Å². The van der Waals surface area contributed by atoms with E-state index >= 15 is 0 Å². The van der Waals surface area contributed by atoms with Crippen molar-refractivity contribution in [3.05, 3.63) is 78.7 Å². The van der Waals surface area contributed by atoms with Crippen LogP contribution in [0.3, 0.4) is 0 Å².